The minimum atomic E-state index is -3.83. The molecule has 2 N–H and O–H groups in total. The van der Waals surface area contributed by atoms with E-state index in [1.165, 1.54) is 0 Å². The van der Waals surface area contributed by atoms with Crippen molar-refractivity contribution in [3.63, 3.8) is 0 Å². The van der Waals surface area contributed by atoms with Crippen LogP contribution in [0.1, 0.15) is 0 Å². The van der Waals surface area contributed by atoms with Gasteiger partial charge in [-0.1, -0.05) is 0 Å². The van der Waals surface area contributed by atoms with Gasteiger partial charge in [-0.05, 0) is 0 Å². The Labute approximate surface area is 95.4 Å². The van der Waals surface area contributed by atoms with E-state index in [0.717, 1.165) is 0 Å². The maximum absolute atomic E-state index is 9.11. The molecule has 0 amide bonds. The molecule has 0 aromatic rings. The van der Waals surface area contributed by atoms with E-state index in [9.17, 15) is 0 Å². The minimum Gasteiger partial charge on any atom is -1.00 e. The molecule has 0 bridgehead atoms. The first-order valence-corrected chi connectivity index (χ1v) is 3.10. The standard InChI is InChI=1S/ClH.K.H2O3S2/c;;1-5(2,3)4/h1H;;(H2,1,2,3,4)/q;+1;/p-1. The van der Waals surface area contributed by atoms with Gasteiger partial charge >= 0.3 is 51.4 Å². The number of hydrogen-bond acceptors (Lipinski definition) is 2. The van der Waals surface area contributed by atoms with E-state index >= 15 is 0 Å². The Balaban J connectivity index is -0.0000000800. The topological polar surface area (TPSA) is 57.5 Å². The Morgan fingerprint density at radius 1 is 1.43 bits per heavy atom. The van der Waals surface area contributed by atoms with Crippen LogP contribution in [0, 0.1) is 0 Å². The first-order valence-electron chi connectivity index (χ1n) is 0.698. The van der Waals surface area contributed by atoms with E-state index in [1.807, 2.05) is 0 Å². The van der Waals surface area contributed by atoms with E-state index in [4.69, 9.17) is 13.3 Å². The summed E-state index contributed by atoms with van der Waals surface area (Å²) in [5.74, 6) is 0. The van der Waals surface area contributed by atoms with E-state index < -0.39 is 9.05 Å². The summed E-state index contributed by atoms with van der Waals surface area (Å²) in [5.41, 5.74) is 0. The summed E-state index contributed by atoms with van der Waals surface area (Å²) in [6.07, 6.45) is 0. The van der Waals surface area contributed by atoms with Gasteiger partial charge < -0.3 is 12.4 Å². The van der Waals surface area contributed by atoms with Crippen LogP contribution >= 0.6 is 0 Å². The Hall–Kier alpha value is 2.22. The number of rotatable bonds is 0. The molecular formula is H2ClKO3S2. The van der Waals surface area contributed by atoms with Crippen molar-refractivity contribution < 1.29 is 77.1 Å². The zero-order valence-corrected chi connectivity index (χ0v) is 9.01. The predicted molar refractivity (Wildman–Crippen MR) is 20.8 cm³/mol. The van der Waals surface area contributed by atoms with Crippen LogP contribution in [0.5, 0.6) is 0 Å². The fourth-order valence-corrected chi connectivity index (χ4v) is 0. The third-order valence-corrected chi connectivity index (χ3v) is 0. The maximum Gasteiger partial charge on any atom is 1.00 e. The van der Waals surface area contributed by atoms with Crippen molar-refractivity contribution in [3.05, 3.63) is 0 Å². The third-order valence-electron chi connectivity index (χ3n) is 0. The molecule has 0 aliphatic rings. The molecule has 0 heterocycles. The van der Waals surface area contributed by atoms with E-state index in [2.05, 4.69) is 11.2 Å². The summed E-state index contributed by atoms with van der Waals surface area (Å²) in [6.45, 7) is 0. The first kappa shape index (κ1) is 16.1. The van der Waals surface area contributed by atoms with Gasteiger partial charge in [-0.15, -0.1) is 0 Å². The van der Waals surface area contributed by atoms with Crippen LogP contribution in [0.2, 0.25) is 0 Å². The molecule has 0 saturated heterocycles. The number of hydrogen-bond donors (Lipinski definition) is 2. The fraction of sp³-hybridized carbons (Fsp3) is 0. The molecule has 0 aromatic carbocycles. The van der Waals surface area contributed by atoms with E-state index in [-0.39, 0.29) is 63.8 Å². The van der Waals surface area contributed by atoms with Crippen molar-refractivity contribution in [3.8, 4) is 0 Å². The number of halogens is 1. The molecule has 0 aromatic heterocycles. The van der Waals surface area contributed by atoms with E-state index in [1.54, 1.807) is 0 Å². The van der Waals surface area contributed by atoms with Crippen LogP contribution in [0.4, 0.5) is 0 Å². The maximum atomic E-state index is 9.11. The molecule has 0 fully saturated rings. The van der Waals surface area contributed by atoms with Gasteiger partial charge in [0, 0.05) is 11.2 Å². The van der Waals surface area contributed by atoms with Crippen molar-refractivity contribution in [2.75, 3.05) is 0 Å². The molecule has 0 rings (SSSR count). The van der Waals surface area contributed by atoms with Crippen LogP contribution in [-0.2, 0) is 20.2 Å². The normalized spacial score (nSPS) is 8.29. The van der Waals surface area contributed by atoms with Crippen molar-refractivity contribution in [2.45, 2.75) is 0 Å². The van der Waals surface area contributed by atoms with Gasteiger partial charge in [-0.25, -0.2) is 0 Å². The molecule has 0 radical (unpaired) electrons. The summed E-state index contributed by atoms with van der Waals surface area (Å²) >= 11 is 3.47. The molecule has 0 aliphatic heterocycles. The largest absolute Gasteiger partial charge is 1.00 e. The van der Waals surface area contributed by atoms with Gasteiger partial charge in [0.2, 0.25) is 0 Å². The smallest absolute Gasteiger partial charge is 1.00 e. The Morgan fingerprint density at radius 3 is 1.43 bits per heavy atom. The molecule has 7 heavy (non-hydrogen) atoms. The van der Waals surface area contributed by atoms with E-state index in [0.29, 0.717) is 0 Å². The van der Waals surface area contributed by atoms with Gasteiger partial charge in [0.05, 0.1) is 0 Å². The van der Waals surface area contributed by atoms with Crippen LogP contribution in [0.15, 0.2) is 0 Å². The van der Waals surface area contributed by atoms with Gasteiger partial charge in [0.15, 0.2) is 0 Å². The zero-order valence-electron chi connectivity index (χ0n) is 3.50. The molecule has 0 aliphatic carbocycles. The summed E-state index contributed by atoms with van der Waals surface area (Å²) in [6, 6.07) is 0. The predicted octanol–water partition coefficient (Wildman–Crippen LogP) is -6.31. The summed E-state index contributed by atoms with van der Waals surface area (Å²) in [7, 11) is -3.83. The Bertz CT molecular complexity index is 96.1. The molecule has 0 spiro atoms. The van der Waals surface area contributed by atoms with Crippen molar-refractivity contribution >= 4 is 20.2 Å². The van der Waals surface area contributed by atoms with Crippen LogP contribution in [0.3, 0.4) is 0 Å². The van der Waals surface area contributed by atoms with Crippen LogP contribution in [-0.4, -0.2) is 13.3 Å². The molecule has 3 nitrogen and oxygen atoms in total. The average Bonchev–Trinajstić information content (AvgIpc) is 0.722. The second-order valence-electron chi connectivity index (χ2n) is 0.448. The molecule has 0 unspecified atom stereocenters. The van der Waals surface area contributed by atoms with Crippen molar-refractivity contribution in [1.82, 2.24) is 0 Å². The molecule has 7 heteroatoms. The molecular weight excluding hydrogens is 187 g/mol. The monoisotopic (exact) mass is 188 g/mol. The molecule has 0 saturated carbocycles. The SMILES string of the molecule is O=S(O)(O)=S.[Cl-].[K+]. The zero-order chi connectivity index (χ0) is 4.50. The van der Waals surface area contributed by atoms with Crippen molar-refractivity contribution in [2.24, 2.45) is 0 Å². The quantitative estimate of drug-likeness (QED) is 0.372. The van der Waals surface area contributed by atoms with Gasteiger partial charge in [0.25, 0.3) is 9.05 Å². The minimum absolute atomic E-state index is 0. The van der Waals surface area contributed by atoms with Gasteiger partial charge in [0.1, 0.15) is 0 Å². The van der Waals surface area contributed by atoms with Crippen LogP contribution < -0.4 is 63.8 Å². The first-order chi connectivity index (χ1) is 2.00. The van der Waals surface area contributed by atoms with Gasteiger partial charge in [-0.3, -0.25) is 9.11 Å². The molecule has 0 atom stereocenters. The second kappa shape index (κ2) is 6.34. The summed E-state index contributed by atoms with van der Waals surface area (Å²) < 4.78 is 24.0. The molecule has 40 valence electrons. The Kier molecular flexibility index (Phi) is 14.6. The fourth-order valence-electron chi connectivity index (χ4n) is 0. The second-order valence-corrected chi connectivity index (χ2v) is 2.65. The average molecular weight is 189 g/mol. The summed E-state index contributed by atoms with van der Waals surface area (Å²) in [5, 5.41) is 0. The third kappa shape index (κ3) is 64.6. The van der Waals surface area contributed by atoms with Crippen molar-refractivity contribution in [1.29, 1.82) is 0 Å². The van der Waals surface area contributed by atoms with Gasteiger partial charge in [-0.2, -0.15) is 4.21 Å². The Morgan fingerprint density at radius 2 is 1.43 bits per heavy atom. The van der Waals surface area contributed by atoms with Crippen LogP contribution in [0.25, 0.3) is 0 Å². The summed E-state index contributed by atoms with van der Waals surface area (Å²) in [4.78, 5) is 0.